The van der Waals surface area contributed by atoms with Crippen molar-refractivity contribution in [2.75, 3.05) is 18.4 Å². The highest BCUT2D eigenvalue weighted by atomic mass is 19.4. The fourth-order valence-corrected chi connectivity index (χ4v) is 3.71. The molecule has 0 bridgehead atoms. The number of hydrogen-bond acceptors (Lipinski definition) is 7. The number of amides is 1. The molecule has 1 aliphatic rings. The number of carbonyl (C=O) groups excluding carboxylic acids is 1. The Morgan fingerprint density at radius 3 is 2.57 bits per heavy atom. The second-order valence-corrected chi connectivity index (χ2v) is 7.91. The summed E-state index contributed by atoms with van der Waals surface area (Å²) < 4.78 is 73.0. The van der Waals surface area contributed by atoms with Gasteiger partial charge >= 0.3 is 12.3 Å². The van der Waals surface area contributed by atoms with Gasteiger partial charge in [0.15, 0.2) is 5.69 Å². The summed E-state index contributed by atoms with van der Waals surface area (Å²) in [6, 6.07) is 4.12. The first kappa shape index (κ1) is 24.4. The Morgan fingerprint density at radius 1 is 1.23 bits per heavy atom. The van der Waals surface area contributed by atoms with E-state index >= 15 is 0 Å². The molecule has 0 aliphatic carbocycles. The largest absolute Gasteiger partial charge is 0.419 e. The molecule has 4 rings (SSSR count). The predicted molar refractivity (Wildman–Crippen MR) is 112 cm³/mol. The van der Waals surface area contributed by atoms with Crippen molar-refractivity contribution < 1.29 is 31.5 Å². The number of rotatable bonds is 5. The van der Waals surface area contributed by atoms with Crippen LogP contribution in [0.25, 0.3) is 11.3 Å². The SMILES string of the molecule is C[C@@H]1OC(F)(F)CN(C(=O)c2nn(C)cc2-c2ccccn2)[C@@H]1CNc1ncc(C(F)(F)F)cn1. The number of carbonyl (C=O) groups is 1. The molecule has 1 amide bonds. The van der Waals surface area contributed by atoms with Crippen molar-refractivity contribution in [3.63, 3.8) is 0 Å². The van der Waals surface area contributed by atoms with Gasteiger partial charge in [0.05, 0.1) is 29.0 Å². The Bertz CT molecular complexity index is 1190. The van der Waals surface area contributed by atoms with Crippen LogP contribution < -0.4 is 5.32 Å². The molecular formula is C21H20F5N7O2. The molecule has 3 aromatic heterocycles. The highest BCUT2D eigenvalue weighted by Gasteiger charge is 2.48. The van der Waals surface area contributed by atoms with Crippen molar-refractivity contribution >= 4 is 11.9 Å². The van der Waals surface area contributed by atoms with Crippen LogP contribution in [0.2, 0.25) is 0 Å². The monoisotopic (exact) mass is 497 g/mol. The second-order valence-electron chi connectivity index (χ2n) is 7.91. The van der Waals surface area contributed by atoms with E-state index in [2.05, 4.69) is 25.4 Å². The number of anilines is 1. The lowest BCUT2D eigenvalue weighted by Gasteiger charge is -2.42. The van der Waals surface area contributed by atoms with Gasteiger partial charge < -0.3 is 15.0 Å². The summed E-state index contributed by atoms with van der Waals surface area (Å²) in [6.07, 6.45) is -5.07. The van der Waals surface area contributed by atoms with Crippen molar-refractivity contribution in [3.05, 3.63) is 54.2 Å². The maximum atomic E-state index is 14.3. The van der Waals surface area contributed by atoms with Gasteiger partial charge in [0, 0.05) is 38.4 Å². The van der Waals surface area contributed by atoms with Crippen LogP contribution in [0.15, 0.2) is 43.0 Å². The van der Waals surface area contributed by atoms with Crippen LogP contribution >= 0.6 is 0 Å². The maximum absolute atomic E-state index is 14.3. The minimum atomic E-state index is -4.60. The Kier molecular flexibility index (Phi) is 6.40. The zero-order valence-electron chi connectivity index (χ0n) is 18.5. The van der Waals surface area contributed by atoms with Crippen molar-refractivity contribution in [2.45, 2.75) is 31.4 Å². The van der Waals surface area contributed by atoms with Crippen molar-refractivity contribution in [3.8, 4) is 11.3 Å². The molecule has 0 saturated carbocycles. The van der Waals surface area contributed by atoms with Crippen LogP contribution in [0.3, 0.4) is 0 Å². The fraction of sp³-hybridized carbons (Fsp3) is 0.381. The first-order valence-corrected chi connectivity index (χ1v) is 10.4. The number of nitrogens with zero attached hydrogens (tertiary/aromatic N) is 6. The zero-order valence-corrected chi connectivity index (χ0v) is 18.5. The Hall–Kier alpha value is -3.68. The van der Waals surface area contributed by atoms with Gasteiger partial charge in [-0.05, 0) is 19.1 Å². The highest BCUT2D eigenvalue weighted by molar-refractivity contribution is 5.98. The number of ether oxygens (including phenoxy) is 1. The second kappa shape index (κ2) is 9.17. The molecule has 1 aliphatic heterocycles. The van der Waals surface area contributed by atoms with Crippen LogP contribution in [-0.4, -0.2) is 66.9 Å². The predicted octanol–water partition coefficient (Wildman–Crippen LogP) is 3.23. The third-order valence-electron chi connectivity index (χ3n) is 5.34. The van der Waals surface area contributed by atoms with E-state index in [4.69, 9.17) is 4.74 Å². The molecule has 3 aromatic rings. The molecule has 14 heteroatoms. The molecule has 1 saturated heterocycles. The molecule has 0 aromatic carbocycles. The maximum Gasteiger partial charge on any atom is 0.419 e. The van der Waals surface area contributed by atoms with Crippen LogP contribution in [0.4, 0.5) is 27.9 Å². The van der Waals surface area contributed by atoms with E-state index in [-0.39, 0.29) is 18.2 Å². The highest BCUT2D eigenvalue weighted by Crippen LogP contribution is 2.32. The molecule has 9 nitrogen and oxygen atoms in total. The fourth-order valence-electron chi connectivity index (χ4n) is 3.71. The number of morpholine rings is 1. The molecule has 4 heterocycles. The average molecular weight is 497 g/mol. The van der Waals surface area contributed by atoms with Gasteiger partial charge in [0.1, 0.15) is 6.54 Å². The van der Waals surface area contributed by atoms with Crippen LogP contribution in [0.1, 0.15) is 23.0 Å². The molecule has 2 atom stereocenters. The summed E-state index contributed by atoms with van der Waals surface area (Å²) in [6.45, 7) is 0.153. The summed E-state index contributed by atoms with van der Waals surface area (Å²) in [4.78, 5) is 25.8. The first-order valence-electron chi connectivity index (χ1n) is 10.4. The van der Waals surface area contributed by atoms with Gasteiger partial charge in [0.25, 0.3) is 5.91 Å². The summed E-state index contributed by atoms with van der Waals surface area (Å²) >= 11 is 0. The van der Waals surface area contributed by atoms with E-state index in [0.29, 0.717) is 23.7 Å². The number of nitrogens with one attached hydrogen (secondary N) is 1. The van der Waals surface area contributed by atoms with Crippen LogP contribution in [-0.2, 0) is 18.0 Å². The average Bonchev–Trinajstić information content (AvgIpc) is 3.19. The third kappa shape index (κ3) is 5.37. The zero-order chi connectivity index (χ0) is 25.4. The molecule has 186 valence electrons. The van der Waals surface area contributed by atoms with Gasteiger partial charge in [-0.15, -0.1) is 0 Å². The molecular weight excluding hydrogens is 477 g/mol. The topological polar surface area (TPSA) is 98.1 Å². The number of hydrogen-bond donors (Lipinski definition) is 1. The Morgan fingerprint density at radius 2 is 1.94 bits per heavy atom. The lowest BCUT2D eigenvalue weighted by atomic mass is 10.1. The van der Waals surface area contributed by atoms with Crippen LogP contribution in [0, 0.1) is 0 Å². The molecule has 35 heavy (non-hydrogen) atoms. The van der Waals surface area contributed by atoms with Gasteiger partial charge in [-0.3, -0.25) is 14.5 Å². The summed E-state index contributed by atoms with van der Waals surface area (Å²) in [5.74, 6) is -0.942. The van der Waals surface area contributed by atoms with Gasteiger partial charge in [-0.2, -0.15) is 27.1 Å². The van der Waals surface area contributed by atoms with Crippen molar-refractivity contribution in [1.29, 1.82) is 0 Å². The summed E-state index contributed by atoms with van der Waals surface area (Å²) in [7, 11) is 1.58. The minimum absolute atomic E-state index is 0.0770. The summed E-state index contributed by atoms with van der Waals surface area (Å²) in [5, 5.41) is 6.86. The molecule has 1 N–H and O–H groups in total. The Labute approximate surface area is 196 Å². The van der Waals surface area contributed by atoms with E-state index in [1.54, 1.807) is 31.4 Å². The van der Waals surface area contributed by atoms with Crippen molar-refractivity contribution in [2.24, 2.45) is 7.05 Å². The number of pyridine rings is 1. The van der Waals surface area contributed by atoms with Gasteiger partial charge in [-0.25, -0.2) is 9.97 Å². The lowest BCUT2D eigenvalue weighted by molar-refractivity contribution is -0.298. The Balaban J connectivity index is 1.60. The van der Waals surface area contributed by atoms with Gasteiger partial charge in [0.2, 0.25) is 5.95 Å². The van der Waals surface area contributed by atoms with E-state index in [0.717, 1.165) is 4.90 Å². The van der Waals surface area contributed by atoms with E-state index < -0.39 is 42.4 Å². The number of halogens is 5. The number of alkyl halides is 5. The van der Waals surface area contributed by atoms with E-state index in [1.807, 2.05) is 0 Å². The molecule has 1 fully saturated rings. The van der Waals surface area contributed by atoms with Gasteiger partial charge in [-0.1, -0.05) is 6.07 Å². The first-order chi connectivity index (χ1) is 16.4. The van der Waals surface area contributed by atoms with E-state index in [9.17, 15) is 26.7 Å². The molecule has 0 spiro atoms. The number of aryl methyl sites for hydroxylation is 1. The number of aromatic nitrogens is 5. The molecule has 0 unspecified atom stereocenters. The third-order valence-corrected chi connectivity index (χ3v) is 5.34. The normalized spacial score (nSPS) is 20.0. The quantitative estimate of drug-likeness (QED) is 0.541. The standard InChI is InChI=1S/C21H20F5N7O2/c1-12-16(9-30-19-28-7-13(8-29-19)21(24,25)26)33(11-20(22,23)35-12)18(34)17-14(10-32(2)31-17)15-5-3-4-6-27-15/h3-8,10,12,16H,9,11H2,1-2H3,(H,28,29,30)/t12-,16+/m0/s1. The minimum Gasteiger partial charge on any atom is -0.352 e. The smallest absolute Gasteiger partial charge is 0.352 e. The van der Waals surface area contributed by atoms with Crippen molar-refractivity contribution in [1.82, 2.24) is 29.6 Å². The summed E-state index contributed by atoms with van der Waals surface area (Å²) in [5.41, 5.74) is -0.318. The lowest BCUT2D eigenvalue weighted by Crippen LogP contribution is -2.61. The van der Waals surface area contributed by atoms with E-state index in [1.165, 1.54) is 17.8 Å². The molecule has 0 radical (unpaired) electrons. The van der Waals surface area contributed by atoms with Crippen LogP contribution in [0.5, 0.6) is 0 Å².